The zero-order chi connectivity index (χ0) is 27.9. The number of nitrogens with one attached hydrogen (secondary N) is 1. The first-order chi connectivity index (χ1) is 19.5. The third-order valence-corrected chi connectivity index (χ3v) is 6.67. The molecule has 208 valence electrons. The lowest BCUT2D eigenvalue weighted by Crippen LogP contribution is -2.37. The molecule has 0 atom stereocenters. The number of hydrogen-bond donors (Lipinski definition) is 1. The monoisotopic (exact) mass is 567 g/mol. The van der Waals surface area contributed by atoms with Crippen LogP contribution in [0.15, 0.2) is 60.9 Å². The number of nitro groups is 1. The fraction of sp³-hybridized carbons (Fsp3) is 0.286. The average molecular weight is 568 g/mol. The van der Waals surface area contributed by atoms with Crippen molar-refractivity contribution in [2.45, 2.75) is 13.0 Å². The van der Waals surface area contributed by atoms with Gasteiger partial charge in [0.25, 0.3) is 0 Å². The summed E-state index contributed by atoms with van der Waals surface area (Å²) in [7, 11) is 0. The molecule has 0 radical (unpaired) electrons. The Kier molecular flexibility index (Phi) is 8.84. The summed E-state index contributed by atoms with van der Waals surface area (Å²) in [5, 5.41) is 15.8. The molecule has 40 heavy (non-hydrogen) atoms. The molecule has 1 aliphatic heterocycles. The lowest BCUT2D eigenvalue weighted by Gasteiger charge is -2.26. The van der Waals surface area contributed by atoms with Crippen molar-refractivity contribution in [3.8, 4) is 11.5 Å². The largest absolute Gasteiger partial charge is 0.487 e. The van der Waals surface area contributed by atoms with Crippen LogP contribution in [0.4, 0.5) is 21.6 Å². The highest BCUT2D eigenvalue weighted by Gasteiger charge is 2.20. The van der Waals surface area contributed by atoms with Crippen molar-refractivity contribution in [3.05, 3.63) is 87.4 Å². The highest BCUT2D eigenvalue weighted by molar-refractivity contribution is 6.32. The number of rotatable bonds is 11. The molecule has 0 saturated carbocycles. The Morgan fingerprint density at radius 3 is 2.70 bits per heavy atom. The van der Waals surface area contributed by atoms with E-state index >= 15 is 0 Å². The minimum atomic E-state index is -0.477. The summed E-state index contributed by atoms with van der Waals surface area (Å²) in [6.07, 6.45) is 2.10. The summed E-state index contributed by atoms with van der Waals surface area (Å²) >= 11 is 6.42. The summed E-state index contributed by atoms with van der Waals surface area (Å²) in [6.45, 7) is 4.51. The van der Waals surface area contributed by atoms with Crippen molar-refractivity contribution >= 4 is 39.7 Å². The number of nitrogens with zero attached hydrogens (tertiary/aromatic N) is 4. The Morgan fingerprint density at radius 2 is 1.93 bits per heavy atom. The van der Waals surface area contributed by atoms with E-state index in [4.69, 9.17) is 25.8 Å². The Balaban J connectivity index is 1.28. The number of nitro benzene ring substituents is 1. The maximum atomic E-state index is 13.4. The van der Waals surface area contributed by atoms with Crippen molar-refractivity contribution in [2.24, 2.45) is 0 Å². The van der Waals surface area contributed by atoms with Crippen LogP contribution >= 0.6 is 11.6 Å². The van der Waals surface area contributed by atoms with E-state index in [0.29, 0.717) is 58.6 Å². The molecule has 1 aliphatic rings. The molecule has 1 saturated heterocycles. The van der Waals surface area contributed by atoms with Crippen molar-refractivity contribution in [3.63, 3.8) is 0 Å². The number of ether oxygens (including phenoxy) is 3. The van der Waals surface area contributed by atoms with Crippen LogP contribution in [0.3, 0.4) is 0 Å². The highest BCUT2D eigenvalue weighted by atomic mass is 35.5. The van der Waals surface area contributed by atoms with Crippen molar-refractivity contribution < 1.29 is 23.5 Å². The predicted octanol–water partition coefficient (Wildman–Crippen LogP) is 5.75. The summed E-state index contributed by atoms with van der Waals surface area (Å²) in [4.78, 5) is 22.2. The average Bonchev–Trinajstić information content (AvgIpc) is 2.95. The second-order valence-electron chi connectivity index (χ2n) is 9.16. The number of halogens is 2. The normalized spacial score (nSPS) is 13.8. The molecule has 0 spiro atoms. The van der Waals surface area contributed by atoms with E-state index in [9.17, 15) is 14.5 Å². The van der Waals surface area contributed by atoms with E-state index in [-0.39, 0.29) is 23.9 Å². The van der Waals surface area contributed by atoms with Crippen molar-refractivity contribution in [1.29, 1.82) is 0 Å². The lowest BCUT2D eigenvalue weighted by molar-refractivity contribution is -0.385. The van der Waals surface area contributed by atoms with Gasteiger partial charge in [0.05, 0.1) is 40.7 Å². The van der Waals surface area contributed by atoms with Crippen LogP contribution in [-0.2, 0) is 11.3 Å². The third kappa shape index (κ3) is 6.92. The van der Waals surface area contributed by atoms with Gasteiger partial charge in [-0.2, -0.15) is 0 Å². The number of anilines is 2. The second kappa shape index (κ2) is 12.9. The Bertz CT molecular complexity index is 1500. The summed E-state index contributed by atoms with van der Waals surface area (Å²) in [5.74, 6) is 0.616. The van der Waals surface area contributed by atoms with E-state index in [1.54, 1.807) is 36.4 Å². The van der Waals surface area contributed by atoms with Gasteiger partial charge < -0.3 is 19.5 Å². The molecule has 2 heterocycles. The van der Waals surface area contributed by atoms with Crippen molar-refractivity contribution in [1.82, 2.24) is 14.9 Å². The van der Waals surface area contributed by atoms with Gasteiger partial charge in [-0.05, 0) is 42.3 Å². The molecule has 0 amide bonds. The Morgan fingerprint density at radius 1 is 1.07 bits per heavy atom. The zero-order valence-corrected chi connectivity index (χ0v) is 22.3. The van der Waals surface area contributed by atoms with Gasteiger partial charge in [-0.15, -0.1) is 0 Å². The van der Waals surface area contributed by atoms with Gasteiger partial charge in [-0.25, -0.2) is 14.4 Å². The molecule has 0 bridgehead atoms. The molecule has 10 nitrogen and oxygen atoms in total. The van der Waals surface area contributed by atoms with Gasteiger partial charge in [-0.1, -0.05) is 23.7 Å². The SMILES string of the molecule is O=[N+]([O-])c1cc2c(Nc3ccc(OCc4cccc(F)c4)c(Cl)c3)ncnc2cc1OCCCN1CCOCC1. The van der Waals surface area contributed by atoms with Gasteiger partial charge in [0.1, 0.15) is 30.3 Å². The van der Waals surface area contributed by atoms with Crippen molar-refractivity contribution in [2.75, 3.05) is 44.8 Å². The van der Waals surface area contributed by atoms with E-state index < -0.39 is 4.92 Å². The van der Waals surface area contributed by atoms with E-state index in [1.165, 1.54) is 24.5 Å². The van der Waals surface area contributed by atoms with E-state index in [1.807, 2.05) is 0 Å². The molecule has 1 aromatic heterocycles. The standard InChI is InChI=1S/C28H27ClFN5O5/c29-23-14-21(5-6-26(23)40-17-19-3-1-4-20(30)13-19)33-28-22-15-25(35(36)37)27(16-24(22)31-18-32-28)39-10-2-7-34-8-11-38-12-9-34/h1,3-6,13-16,18H,2,7-12,17H2,(H,31,32,33). The lowest BCUT2D eigenvalue weighted by atomic mass is 10.2. The van der Waals surface area contributed by atoms with Crippen LogP contribution < -0.4 is 14.8 Å². The first kappa shape index (κ1) is 27.5. The predicted molar refractivity (Wildman–Crippen MR) is 149 cm³/mol. The zero-order valence-electron chi connectivity index (χ0n) is 21.5. The van der Waals surface area contributed by atoms with Gasteiger partial charge in [0, 0.05) is 37.5 Å². The molecular formula is C28H27ClFN5O5. The first-order valence-corrected chi connectivity index (χ1v) is 13.1. The maximum Gasteiger partial charge on any atom is 0.311 e. The van der Waals surface area contributed by atoms with Crippen LogP contribution in [0.25, 0.3) is 10.9 Å². The summed E-state index contributed by atoms with van der Waals surface area (Å²) < 4.78 is 30.3. The molecule has 3 aromatic carbocycles. The third-order valence-electron chi connectivity index (χ3n) is 6.37. The molecule has 1 fully saturated rings. The Hall–Kier alpha value is -4.06. The minimum Gasteiger partial charge on any atom is -0.487 e. The summed E-state index contributed by atoms with van der Waals surface area (Å²) in [5.41, 5.74) is 1.59. The molecule has 0 unspecified atom stereocenters. The fourth-order valence-electron chi connectivity index (χ4n) is 4.35. The number of fused-ring (bicyclic) bond motifs is 1. The smallest absolute Gasteiger partial charge is 0.311 e. The molecular weight excluding hydrogens is 541 g/mol. The highest BCUT2D eigenvalue weighted by Crippen LogP contribution is 2.36. The van der Waals surface area contributed by atoms with Gasteiger partial charge in [-0.3, -0.25) is 15.0 Å². The van der Waals surface area contributed by atoms with E-state index in [2.05, 4.69) is 20.2 Å². The second-order valence-corrected chi connectivity index (χ2v) is 9.57. The Labute approximate surface area is 234 Å². The van der Waals surface area contributed by atoms with E-state index in [0.717, 1.165) is 26.1 Å². The van der Waals surface area contributed by atoms with Crippen LogP contribution in [0.1, 0.15) is 12.0 Å². The van der Waals surface area contributed by atoms with Gasteiger partial charge in [0.2, 0.25) is 0 Å². The number of morpholine rings is 1. The maximum absolute atomic E-state index is 13.4. The summed E-state index contributed by atoms with van der Waals surface area (Å²) in [6, 6.07) is 14.2. The number of aromatic nitrogens is 2. The quantitative estimate of drug-likeness (QED) is 0.137. The number of hydrogen-bond acceptors (Lipinski definition) is 9. The van der Waals surface area contributed by atoms with Crippen LogP contribution in [-0.4, -0.2) is 59.2 Å². The minimum absolute atomic E-state index is 0.155. The van der Waals surface area contributed by atoms with Crippen LogP contribution in [0, 0.1) is 15.9 Å². The first-order valence-electron chi connectivity index (χ1n) is 12.8. The fourth-order valence-corrected chi connectivity index (χ4v) is 4.58. The number of benzene rings is 3. The molecule has 12 heteroatoms. The molecule has 0 aliphatic carbocycles. The topological polar surface area (TPSA) is 112 Å². The molecule has 4 aromatic rings. The molecule has 1 N–H and O–H groups in total. The van der Waals surface area contributed by atoms with Gasteiger partial charge >= 0.3 is 5.69 Å². The van der Waals surface area contributed by atoms with Gasteiger partial charge in [0.15, 0.2) is 5.75 Å². The van der Waals surface area contributed by atoms with Crippen LogP contribution in [0.5, 0.6) is 11.5 Å². The molecule has 5 rings (SSSR count). The van der Waals surface area contributed by atoms with Crippen LogP contribution in [0.2, 0.25) is 5.02 Å².